The SMILES string of the molecule is CC(C)CC(=O)[C@](N)(CSSC[C@](N)(C(=O)O)C(=O)CC(C)C)C(=O)O. The average Bonchev–Trinajstić information content (AvgIpc) is 2.48. The van der Waals surface area contributed by atoms with Crippen molar-refractivity contribution >= 4 is 45.1 Å². The minimum atomic E-state index is -2.07. The third kappa shape index (κ3) is 6.90. The molecule has 0 aromatic heterocycles. The van der Waals surface area contributed by atoms with Gasteiger partial charge in [0.15, 0.2) is 22.6 Å². The maximum atomic E-state index is 12.1. The van der Waals surface area contributed by atoms with Crippen LogP contribution in [-0.2, 0) is 19.2 Å². The third-order valence-corrected chi connectivity index (χ3v) is 6.12. The van der Waals surface area contributed by atoms with E-state index in [1.807, 2.05) is 0 Å². The number of rotatable bonds is 13. The number of nitrogens with two attached hydrogens (primary N) is 2. The van der Waals surface area contributed by atoms with E-state index in [0.717, 1.165) is 21.6 Å². The van der Waals surface area contributed by atoms with Crippen LogP contribution in [0.25, 0.3) is 0 Å². The quantitative estimate of drug-likeness (QED) is 0.198. The molecule has 0 radical (unpaired) electrons. The molecule has 0 aromatic rings. The van der Waals surface area contributed by atoms with Crippen molar-refractivity contribution in [3.8, 4) is 0 Å². The van der Waals surface area contributed by atoms with Crippen LogP contribution in [0.1, 0.15) is 40.5 Å². The Bertz CT molecular complexity index is 507. The zero-order chi connectivity index (χ0) is 20.7. The van der Waals surface area contributed by atoms with Gasteiger partial charge in [0.2, 0.25) is 0 Å². The fraction of sp³-hybridized carbons (Fsp3) is 0.750. The smallest absolute Gasteiger partial charge is 0.332 e. The third-order valence-electron chi connectivity index (χ3n) is 3.60. The molecule has 0 saturated carbocycles. The van der Waals surface area contributed by atoms with Crippen molar-refractivity contribution in [3.63, 3.8) is 0 Å². The normalized spacial score (nSPS) is 16.2. The highest BCUT2D eigenvalue weighted by molar-refractivity contribution is 8.76. The number of aliphatic carboxylic acids is 2. The molecule has 0 amide bonds. The molecule has 8 nitrogen and oxygen atoms in total. The average molecular weight is 409 g/mol. The van der Waals surface area contributed by atoms with Crippen LogP contribution < -0.4 is 11.5 Å². The maximum absolute atomic E-state index is 12.1. The van der Waals surface area contributed by atoms with E-state index in [4.69, 9.17) is 11.5 Å². The van der Waals surface area contributed by atoms with E-state index in [0.29, 0.717) is 0 Å². The molecule has 6 N–H and O–H groups in total. The molecular formula is C16H28N2O6S2. The Balaban J connectivity index is 4.94. The Morgan fingerprint density at radius 2 is 1.04 bits per heavy atom. The number of Topliss-reactive ketones (excluding diaryl/α,β-unsaturated/α-hetero) is 2. The van der Waals surface area contributed by atoms with Gasteiger partial charge in [-0.05, 0) is 11.8 Å². The van der Waals surface area contributed by atoms with E-state index < -0.39 is 34.6 Å². The van der Waals surface area contributed by atoms with Crippen molar-refractivity contribution in [2.45, 2.75) is 51.6 Å². The molecule has 0 aliphatic rings. The number of hydrogen-bond acceptors (Lipinski definition) is 8. The fourth-order valence-electron chi connectivity index (χ4n) is 1.90. The minimum Gasteiger partial charge on any atom is -0.480 e. The van der Waals surface area contributed by atoms with Gasteiger partial charge in [0, 0.05) is 24.3 Å². The van der Waals surface area contributed by atoms with Gasteiger partial charge in [0.25, 0.3) is 0 Å². The molecule has 0 heterocycles. The van der Waals surface area contributed by atoms with Crippen LogP contribution in [-0.4, -0.2) is 56.3 Å². The summed E-state index contributed by atoms with van der Waals surface area (Å²) in [5, 5.41) is 18.6. The van der Waals surface area contributed by atoms with Crippen LogP contribution in [0.3, 0.4) is 0 Å². The summed E-state index contributed by atoms with van der Waals surface area (Å²) in [6.45, 7) is 7.10. The number of carbonyl (C=O) groups excluding carboxylic acids is 2. The van der Waals surface area contributed by atoms with Crippen molar-refractivity contribution in [1.29, 1.82) is 0 Å². The summed E-state index contributed by atoms with van der Waals surface area (Å²) in [5.74, 6) is -4.67. The molecule has 0 aliphatic carbocycles. The van der Waals surface area contributed by atoms with E-state index in [9.17, 15) is 29.4 Å². The van der Waals surface area contributed by atoms with Crippen LogP contribution >= 0.6 is 21.6 Å². The first kappa shape index (κ1) is 24.9. The predicted molar refractivity (Wildman–Crippen MR) is 103 cm³/mol. The zero-order valence-electron chi connectivity index (χ0n) is 15.5. The number of carbonyl (C=O) groups is 4. The van der Waals surface area contributed by atoms with Gasteiger partial charge in [-0.15, -0.1) is 0 Å². The van der Waals surface area contributed by atoms with E-state index in [1.54, 1.807) is 27.7 Å². The van der Waals surface area contributed by atoms with Gasteiger partial charge in [0.05, 0.1) is 0 Å². The molecular weight excluding hydrogens is 380 g/mol. The van der Waals surface area contributed by atoms with Gasteiger partial charge in [-0.1, -0.05) is 49.3 Å². The topological polar surface area (TPSA) is 161 Å². The number of ketones is 2. The summed E-state index contributed by atoms with van der Waals surface area (Å²) in [4.78, 5) is 47.2. The Morgan fingerprint density at radius 1 is 0.769 bits per heavy atom. The molecule has 10 heteroatoms. The number of carboxylic acid groups (broad SMARTS) is 2. The van der Waals surface area contributed by atoms with Crippen LogP contribution in [0.15, 0.2) is 0 Å². The van der Waals surface area contributed by atoms with Gasteiger partial charge in [-0.2, -0.15) is 0 Å². The van der Waals surface area contributed by atoms with Gasteiger partial charge in [-0.25, -0.2) is 9.59 Å². The van der Waals surface area contributed by atoms with Gasteiger partial charge < -0.3 is 21.7 Å². The lowest BCUT2D eigenvalue weighted by Crippen LogP contribution is -2.58. The zero-order valence-corrected chi connectivity index (χ0v) is 17.1. The Morgan fingerprint density at radius 3 is 1.23 bits per heavy atom. The lowest BCUT2D eigenvalue weighted by molar-refractivity contribution is -0.149. The molecule has 0 bridgehead atoms. The summed E-state index contributed by atoms with van der Waals surface area (Å²) in [5.41, 5.74) is 7.41. The van der Waals surface area contributed by atoms with E-state index in [2.05, 4.69) is 0 Å². The van der Waals surface area contributed by atoms with Crippen LogP contribution in [0.2, 0.25) is 0 Å². The second kappa shape index (κ2) is 10.3. The minimum absolute atomic E-state index is 0.0247. The van der Waals surface area contributed by atoms with Gasteiger partial charge in [-0.3, -0.25) is 9.59 Å². The monoisotopic (exact) mass is 408 g/mol. The summed E-state index contributed by atoms with van der Waals surface area (Å²) in [6, 6.07) is 0. The van der Waals surface area contributed by atoms with Crippen LogP contribution in [0.4, 0.5) is 0 Å². The molecule has 0 fully saturated rings. The molecule has 0 spiro atoms. The van der Waals surface area contributed by atoms with Gasteiger partial charge in [0.1, 0.15) is 0 Å². The molecule has 26 heavy (non-hydrogen) atoms. The predicted octanol–water partition coefficient (Wildman–Crippen LogP) is 1.16. The van der Waals surface area contributed by atoms with Crippen LogP contribution in [0, 0.1) is 11.8 Å². The van der Waals surface area contributed by atoms with Crippen molar-refractivity contribution in [2.75, 3.05) is 11.5 Å². The summed E-state index contributed by atoms with van der Waals surface area (Å²) in [7, 11) is 1.84. The Kier molecular flexibility index (Phi) is 9.85. The lowest BCUT2D eigenvalue weighted by atomic mass is 9.91. The highest BCUT2D eigenvalue weighted by Gasteiger charge is 2.44. The van der Waals surface area contributed by atoms with E-state index in [1.165, 1.54) is 0 Å². The summed E-state index contributed by atoms with van der Waals surface area (Å²) < 4.78 is 0. The molecule has 2 atom stereocenters. The van der Waals surface area contributed by atoms with Crippen molar-refractivity contribution in [1.82, 2.24) is 0 Å². The molecule has 0 aliphatic heterocycles. The summed E-state index contributed by atoms with van der Waals surface area (Å²) in [6.07, 6.45) is 0.0493. The molecule has 0 unspecified atom stereocenters. The highest BCUT2D eigenvalue weighted by atomic mass is 33.1. The fourth-order valence-corrected chi connectivity index (χ4v) is 4.62. The molecule has 0 saturated heterocycles. The number of carboxylic acids is 2. The second-order valence-corrected chi connectivity index (χ2v) is 9.58. The first-order valence-electron chi connectivity index (χ1n) is 8.13. The van der Waals surface area contributed by atoms with Crippen LogP contribution in [0.5, 0.6) is 0 Å². The van der Waals surface area contributed by atoms with E-state index >= 15 is 0 Å². The first-order valence-corrected chi connectivity index (χ1v) is 10.6. The largest absolute Gasteiger partial charge is 0.480 e. The lowest BCUT2D eigenvalue weighted by Gasteiger charge is -2.25. The molecule has 0 aromatic carbocycles. The molecule has 0 rings (SSSR count). The highest BCUT2D eigenvalue weighted by Crippen LogP contribution is 2.30. The Labute approximate surface area is 161 Å². The van der Waals surface area contributed by atoms with Gasteiger partial charge >= 0.3 is 11.9 Å². The first-order chi connectivity index (χ1) is 11.8. The van der Waals surface area contributed by atoms with Crippen molar-refractivity contribution in [3.05, 3.63) is 0 Å². The number of hydrogen-bond donors (Lipinski definition) is 4. The van der Waals surface area contributed by atoms with E-state index in [-0.39, 0.29) is 36.2 Å². The molecule has 150 valence electrons. The van der Waals surface area contributed by atoms with Crippen molar-refractivity contribution < 1.29 is 29.4 Å². The second-order valence-electron chi connectivity index (χ2n) is 7.12. The maximum Gasteiger partial charge on any atom is 0.332 e. The standard InChI is InChI=1S/C16H28N2O6S2/c1-9(2)5-11(19)15(17,13(21)22)7-25-26-8-16(18,14(23)24)12(20)6-10(3)4/h9-10H,5-8,17-18H2,1-4H3,(H,21,22)(H,23,24)/t15-,16-/m1/s1. The Hall–Kier alpha value is -1.10. The summed E-state index contributed by atoms with van der Waals surface area (Å²) >= 11 is 0. The van der Waals surface area contributed by atoms with Crippen molar-refractivity contribution in [2.24, 2.45) is 23.3 Å².